The molecule has 6 nitrogen and oxygen atoms in total. The van der Waals surface area contributed by atoms with Crippen molar-refractivity contribution in [3.63, 3.8) is 0 Å². The van der Waals surface area contributed by atoms with Gasteiger partial charge in [0.2, 0.25) is 5.91 Å². The molecule has 2 heterocycles. The van der Waals surface area contributed by atoms with Crippen molar-refractivity contribution in [3.05, 3.63) is 34.7 Å². The average molecular weight is 343 g/mol. The zero-order valence-electron chi connectivity index (χ0n) is 14.6. The van der Waals surface area contributed by atoms with Gasteiger partial charge in [-0.15, -0.1) is 0 Å². The Labute approximate surface area is 147 Å². The Hall–Kier alpha value is -2.34. The lowest BCUT2D eigenvalue weighted by atomic mass is 10.1. The number of hydrogen-bond donors (Lipinski definition) is 2. The third-order valence-corrected chi connectivity index (χ3v) is 4.48. The fourth-order valence-electron chi connectivity index (χ4n) is 3.16. The van der Waals surface area contributed by atoms with Crippen molar-refractivity contribution in [2.75, 3.05) is 36.8 Å². The lowest BCUT2D eigenvalue weighted by Gasteiger charge is -2.17. The van der Waals surface area contributed by atoms with Gasteiger partial charge < -0.3 is 15.1 Å². The van der Waals surface area contributed by atoms with Gasteiger partial charge in [-0.1, -0.05) is 25.5 Å². The second-order valence-corrected chi connectivity index (χ2v) is 6.45. The van der Waals surface area contributed by atoms with Gasteiger partial charge in [-0.3, -0.25) is 9.69 Å². The van der Waals surface area contributed by atoms with Crippen LogP contribution in [0.5, 0.6) is 0 Å². The third kappa shape index (κ3) is 4.20. The Morgan fingerprint density at radius 3 is 2.72 bits per heavy atom. The molecule has 0 atom stereocenters. The summed E-state index contributed by atoms with van der Waals surface area (Å²) in [6.45, 7) is 5.01. The van der Waals surface area contributed by atoms with Gasteiger partial charge in [0.1, 0.15) is 5.58 Å². The largest absolute Gasteiger partial charge is 0.421 e. The highest BCUT2D eigenvalue weighted by Crippen LogP contribution is 2.28. The molecule has 0 bridgehead atoms. The molecule has 1 aromatic heterocycles. The Morgan fingerprint density at radius 2 is 1.96 bits per heavy atom. The first-order valence-corrected chi connectivity index (χ1v) is 9.01. The van der Waals surface area contributed by atoms with Gasteiger partial charge >= 0.3 is 5.63 Å². The predicted molar refractivity (Wildman–Crippen MR) is 100 cm³/mol. The van der Waals surface area contributed by atoms with Crippen LogP contribution in [0.4, 0.5) is 11.4 Å². The molecule has 6 heteroatoms. The minimum Gasteiger partial charge on any atom is -0.421 e. The molecule has 2 aromatic rings. The van der Waals surface area contributed by atoms with Crippen LogP contribution in [-0.4, -0.2) is 37.0 Å². The van der Waals surface area contributed by atoms with Crippen LogP contribution in [0.25, 0.3) is 11.0 Å². The Morgan fingerprint density at radius 1 is 1.20 bits per heavy atom. The predicted octanol–water partition coefficient (Wildman–Crippen LogP) is 3.04. The summed E-state index contributed by atoms with van der Waals surface area (Å²) in [5, 5.41) is 6.88. The van der Waals surface area contributed by atoms with Crippen LogP contribution in [0.3, 0.4) is 0 Å². The zero-order chi connectivity index (χ0) is 17.6. The van der Waals surface area contributed by atoms with Crippen LogP contribution >= 0.6 is 0 Å². The van der Waals surface area contributed by atoms with Crippen molar-refractivity contribution in [3.8, 4) is 0 Å². The van der Waals surface area contributed by atoms with Crippen LogP contribution in [0.15, 0.2) is 33.5 Å². The number of carbonyl (C=O) groups is 1. The minimum absolute atomic E-state index is 0.178. The van der Waals surface area contributed by atoms with Crippen molar-refractivity contribution in [1.29, 1.82) is 0 Å². The van der Waals surface area contributed by atoms with Crippen molar-refractivity contribution in [2.45, 2.75) is 32.6 Å². The van der Waals surface area contributed by atoms with Crippen LogP contribution < -0.4 is 16.3 Å². The van der Waals surface area contributed by atoms with Gasteiger partial charge in [0.15, 0.2) is 5.69 Å². The van der Waals surface area contributed by atoms with Gasteiger partial charge in [-0.25, -0.2) is 4.79 Å². The first kappa shape index (κ1) is 17.5. The molecule has 1 saturated heterocycles. The van der Waals surface area contributed by atoms with E-state index in [1.165, 1.54) is 0 Å². The second-order valence-electron chi connectivity index (χ2n) is 6.45. The molecule has 1 amide bonds. The fourth-order valence-corrected chi connectivity index (χ4v) is 3.16. The van der Waals surface area contributed by atoms with Gasteiger partial charge in [0, 0.05) is 11.9 Å². The maximum absolute atomic E-state index is 12.4. The maximum Gasteiger partial charge on any atom is 0.362 e. The summed E-state index contributed by atoms with van der Waals surface area (Å²) in [4.78, 5) is 26.9. The van der Waals surface area contributed by atoms with Crippen molar-refractivity contribution in [2.24, 2.45) is 0 Å². The Kier molecular flexibility index (Phi) is 5.71. The van der Waals surface area contributed by atoms with Gasteiger partial charge in [0.05, 0.1) is 12.2 Å². The second kappa shape index (κ2) is 8.16. The number of nitrogens with zero attached hydrogens (tertiary/aromatic N) is 1. The molecule has 1 aliphatic rings. The highest BCUT2D eigenvalue weighted by atomic mass is 16.4. The van der Waals surface area contributed by atoms with Crippen LogP contribution in [0.1, 0.15) is 32.6 Å². The monoisotopic (exact) mass is 343 g/mol. The highest BCUT2D eigenvalue weighted by molar-refractivity contribution is 6.02. The molecule has 1 aromatic carbocycles. The molecule has 1 aliphatic heterocycles. The molecule has 25 heavy (non-hydrogen) atoms. The van der Waals surface area contributed by atoms with Crippen LogP contribution in [0.2, 0.25) is 0 Å². The number of benzene rings is 1. The normalized spacial score (nSPS) is 14.8. The van der Waals surface area contributed by atoms with E-state index >= 15 is 0 Å². The van der Waals surface area contributed by atoms with Crippen molar-refractivity contribution < 1.29 is 9.21 Å². The van der Waals surface area contributed by atoms with Crippen molar-refractivity contribution >= 4 is 28.3 Å². The summed E-state index contributed by atoms with van der Waals surface area (Å²) in [6.07, 6.45) is 4.27. The van der Waals surface area contributed by atoms with E-state index < -0.39 is 5.63 Å². The van der Waals surface area contributed by atoms with E-state index in [1.54, 1.807) is 6.07 Å². The fraction of sp³-hybridized carbons (Fsp3) is 0.474. The van der Waals surface area contributed by atoms with Gasteiger partial charge in [0.25, 0.3) is 0 Å². The first-order chi connectivity index (χ1) is 12.2. The topological polar surface area (TPSA) is 74.6 Å². The number of hydrogen-bond acceptors (Lipinski definition) is 5. The highest BCUT2D eigenvalue weighted by Gasteiger charge is 2.19. The molecule has 134 valence electrons. The molecule has 1 fully saturated rings. The Balaban J connectivity index is 1.88. The lowest BCUT2D eigenvalue weighted by molar-refractivity contribution is -0.117. The standard InChI is InChI=1S/C19H25N3O3/c1-2-3-10-20-17-14-8-4-5-9-15(14)25-19(24)18(17)21-16(23)13-22-11-6-7-12-22/h4-5,8-9,20H,2-3,6-7,10-13H2,1H3,(H,21,23). The first-order valence-electron chi connectivity index (χ1n) is 9.01. The zero-order valence-corrected chi connectivity index (χ0v) is 14.6. The molecule has 0 aliphatic carbocycles. The van der Waals surface area contributed by atoms with E-state index in [-0.39, 0.29) is 11.6 Å². The number of amides is 1. The third-order valence-electron chi connectivity index (χ3n) is 4.48. The molecule has 0 unspecified atom stereocenters. The van der Waals surface area contributed by atoms with E-state index in [2.05, 4.69) is 22.5 Å². The quantitative estimate of drug-likeness (QED) is 0.597. The number of rotatable bonds is 7. The smallest absolute Gasteiger partial charge is 0.362 e. The van der Waals surface area contributed by atoms with Crippen molar-refractivity contribution in [1.82, 2.24) is 4.90 Å². The van der Waals surface area contributed by atoms with E-state index in [1.807, 2.05) is 18.2 Å². The van der Waals surface area contributed by atoms with Crippen LogP contribution in [0, 0.1) is 0 Å². The number of nitrogens with one attached hydrogen (secondary N) is 2. The number of para-hydroxylation sites is 1. The van der Waals surface area contributed by atoms with E-state index in [0.29, 0.717) is 17.8 Å². The number of carbonyl (C=O) groups excluding carboxylic acids is 1. The average Bonchev–Trinajstić information content (AvgIpc) is 3.10. The van der Waals surface area contributed by atoms with E-state index in [4.69, 9.17) is 4.42 Å². The SMILES string of the molecule is CCCCNc1c(NC(=O)CN2CCCC2)c(=O)oc2ccccc12. The molecule has 3 rings (SSSR count). The summed E-state index contributed by atoms with van der Waals surface area (Å²) in [5.41, 5.74) is 0.852. The van der Waals surface area contributed by atoms with Gasteiger partial charge in [-0.05, 0) is 44.5 Å². The molecule has 0 saturated carbocycles. The number of anilines is 2. The summed E-state index contributed by atoms with van der Waals surface area (Å²) < 4.78 is 5.39. The molecular weight excluding hydrogens is 318 g/mol. The molecule has 2 N–H and O–H groups in total. The van der Waals surface area contributed by atoms with E-state index in [0.717, 1.165) is 50.7 Å². The molecule has 0 spiro atoms. The molecule has 0 radical (unpaired) electrons. The number of unbranched alkanes of at least 4 members (excludes halogenated alkanes) is 1. The van der Waals surface area contributed by atoms with Crippen LogP contribution in [-0.2, 0) is 4.79 Å². The van der Waals surface area contributed by atoms with Gasteiger partial charge in [-0.2, -0.15) is 0 Å². The summed E-state index contributed by atoms with van der Waals surface area (Å²) >= 11 is 0. The minimum atomic E-state index is -0.521. The lowest BCUT2D eigenvalue weighted by Crippen LogP contribution is -2.32. The number of fused-ring (bicyclic) bond motifs is 1. The summed E-state index contributed by atoms with van der Waals surface area (Å²) in [5.74, 6) is -0.178. The van der Waals surface area contributed by atoms with E-state index in [9.17, 15) is 9.59 Å². The summed E-state index contributed by atoms with van der Waals surface area (Å²) in [6, 6.07) is 7.37. The summed E-state index contributed by atoms with van der Waals surface area (Å²) in [7, 11) is 0. The maximum atomic E-state index is 12.4. The molecular formula is C19H25N3O3. The number of likely N-dealkylation sites (tertiary alicyclic amines) is 1. The Bertz CT molecular complexity index is 794.